The lowest BCUT2D eigenvalue weighted by Gasteiger charge is -2.52. The van der Waals surface area contributed by atoms with Crippen molar-refractivity contribution in [3.8, 4) is 6.07 Å². The molecule has 25 heavy (non-hydrogen) atoms. The Bertz CT molecular complexity index is 715. The lowest BCUT2D eigenvalue weighted by atomic mass is 9.63. The molecule has 1 aromatic heterocycles. The number of anilines is 1. The van der Waals surface area contributed by atoms with Crippen LogP contribution in [0.15, 0.2) is 12.3 Å². The largest absolute Gasteiger partial charge is 0.354 e. The second-order valence-electron chi connectivity index (χ2n) is 8.25. The minimum absolute atomic E-state index is 0.207. The quantitative estimate of drug-likeness (QED) is 0.920. The first-order chi connectivity index (χ1) is 12.1. The van der Waals surface area contributed by atoms with Crippen molar-refractivity contribution < 1.29 is 4.79 Å². The number of pyridine rings is 1. The van der Waals surface area contributed by atoms with Gasteiger partial charge in [0.15, 0.2) is 0 Å². The molecule has 0 aromatic carbocycles. The smallest absolute Gasteiger partial charge is 0.223 e. The molecule has 1 N–H and O–H groups in total. The molecule has 0 bridgehead atoms. The van der Waals surface area contributed by atoms with E-state index in [1.807, 2.05) is 13.0 Å². The summed E-state index contributed by atoms with van der Waals surface area (Å²) in [5, 5.41) is 12.4. The molecule has 1 aromatic rings. The maximum Gasteiger partial charge on any atom is 0.223 e. The van der Waals surface area contributed by atoms with Gasteiger partial charge in [-0.05, 0) is 56.1 Å². The summed E-state index contributed by atoms with van der Waals surface area (Å²) in [6.07, 6.45) is 9.81. The van der Waals surface area contributed by atoms with Crippen LogP contribution in [0.1, 0.15) is 56.1 Å². The van der Waals surface area contributed by atoms with Gasteiger partial charge in [0.2, 0.25) is 5.91 Å². The van der Waals surface area contributed by atoms with Gasteiger partial charge in [0.25, 0.3) is 0 Å². The number of hydrogen-bond donors (Lipinski definition) is 1. The van der Waals surface area contributed by atoms with Crippen LogP contribution in [-0.4, -0.2) is 30.0 Å². The fourth-order valence-corrected chi connectivity index (χ4v) is 4.63. The lowest BCUT2D eigenvalue weighted by Crippen LogP contribution is -2.58. The second-order valence-corrected chi connectivity index (χ2v) is 8.25. The summed E-state index contributed by atoms with van der Waals surface area (Å²) in [4.78, 5) is 19.3. The average Bonchev–Trinajstić information content (AvgIpc) is 2.51. The number of nitriles is 1. The minimum atomic E-state index is 0.207. The fraction of sp³-hybridized carbons (Fsp3) is 0.650. The molecule has 1 amide bonds. The molecule has 5 heteroatoms. The van der Waals surface area contributed by atoms with Gasteiger partial charge in [0.05, 0.1) is 5.56 Å². The van der Waals surface area contributed by atoms with Gasteiger partial charge >= 0.3 is 0 Å². The summed E-state index contributed by atoms with van der Waals surface area (Å²) in [6, 6.07) is 4.28. The molecule has 1 spiro atoms. The molecule has 1 saturated heterocycles. The van der Waals surface area contributed by atoms with E-state index in [4.69, 9.17) is 5.26 Å². The molecule has 132 valence electrons. The van der Waals surface area contributed by atoms with Gasteiger partial charge in [-0.3, -0.25) is 4.79 Å². The first-order valence-corrected chi connectivity index (χ1v) is 9.51. The van der Waals surface area contributed by atoms with Crippen LogP contribution in [0.2, 0.25) is 0 Å². The van der Waals surface area contributed by atoms with Crippen LogP contribution in [0.25, 0.3) is 0 Å². The Morgan fingerprint density at radius 1 is 1.40 bits per heavy atom. The zero-order valence-electron chi connectivity index (χ0n) is 14.9. The summed E-state index contributed by atoms with van der Waals surface area (Å²) in [5.74, 6) is 1.45. The molecule has 3 aliphatic rings. The first kappa shape index (κ1) is 16.4. The lowest BCUT2D eigenvalue weighted by molar-refractivity contribution is -0.128. The normalized spacial score (nSPS) is 25.0. The van der Waals surface area contributed by atoms with E-state index in [1.165, 1.54) is 25.7 Å². The van der Waals surface area contributed by atoms with Crippen molar-refractivity contribution in [1.29, 1.82) is 5.26 Å². The van der Waals surface area contributed by atoms with Crippen molar-refractivity contribution in [2.24, 2.45) is 11.3 Å². The van der Waals surface area contributed by atoms with Crippen LogP contribution >= 0.6 is 0 Å². The number of rotatable bonds is 3. The topological polar surface area (TPSA) is 69.0 Å². The van der Waals surface area contributed by atoms with Crippen LogP contribution in [0.4, 0.5) is 5.82 Å². The SMILES string of the molecule is Cc1cc(C#N)cnc1N1CC(NC(=O)C2CCC2)CC2(CCC2)C1. The van der Waals surface area contributed by atoms with E-state index in [1.54, 1.807) is 6.20 Å². The number of carbonyl (C=O) groups is 1. The number of aromatic nitrogens is 1. The van der Waals surface area contributed by atoms with E-state index < -0.39 is 0 Å². The maximum absolute atomic E-state index is 12.4. The Morgan fingerprint density at radius 3 is 2.76 bits per heavy atom. The summed E-state index contributed by atoms with van der Waals surface area (Å²) >= 11 is 0. The monoisotopic (exact) mass is 338 g/mol. The highest BCUT2D eigenvalue weighted by molar-refractivity contribution is 5.79. The summed E-state index contributed by atoms with van der Waals surface area (Å²) < 4.78 is 0. The molecule has 1 atom stereocenters. The fourth-order valence-electron chi connectivity index (χ4n) is 4.63. The molecule has 2 aliphatic carbocycles. The molecular formula is C20H26N4O. The Labute approximate surface area is 149 Å². The Hall–Kier alpha value is -2.09. The number of nitrogens with zero attached hydrogens (tertiary/aromatic N) is 3. The molecule has 5 nitrogen and oxygen atoms in total. The van der Waals surface area contributed by atoms with Crippen LogP contribution in [0, 0.1) is 29.6 Å². The molecule has 3 fully saturated rings. The Morgan fingerprint density at radius 2 is 2.20 bits per heavy atom. The van der Waals surface area contributed by atoms with E-state index >= 15 is 0 Å². The number of hydrogen-bond acceptors (Lipinski definition) is 4. The van der Waals surface area contributed by atoms with Crippen LogP contribution in [0.5, 0.6) is 0 Å². The van der Waals surface area contributed by atoms with Gasteiger partial charge in [-0.15, -0.1) is 0 Å². The number of piperidine rings is 1. The zero-order valence-corrected chi connectivity index (χ0v) is 14.9. The predicted octanol–water partition coefficient (Wildman–Crippen LogP) is 2.93. The minimum Gasteiger partial charge on any atom is -0.354 e. The third-order valence-corrected chi connectivity index (χ3v) is 6.36. The van der Waals surface area contributed by atoms with Gasteiger partial charge in [0.1, 0.15) is 11.9 Å². The van der Waals surface area contributed by atoms with Crippen molar-refractivity contribution in [3.63, 3.8) is 0 Å². The van der Waals surface area contributed by atoms with Crippen molar-refractivity contribution in [2.45, 2.75) is 57.9 Å². The molecule has 4 rings (SSSR count). The van der Waals surface area contributed by atoms with Gasteiger partial charge in [0, 0.05) is 31.2 Å². The molecule has 2 saturated carbocycles. The molecule has 2 heterocycles. The van der Waals surface area contributed by atoms with Gasteiger partial charge in [-0.2, -0.15) is 5.26 Å². The zero-order chi connectivity index (χ0) is 17.4. The van der Waals surface area contributed by atoms with Crippen molar-refractivity contribution in [1.82, 2.24) is 10.3 Å². The highest BCUT2D eigenvalue weighted by Crippen LogP contribution is 2.48. The van der Waals surface area contributed by atoms with E-state index in [2.05, 4.69) is 21.3 Å². The Balaban J connectivity index is 1.53. The van der Waals surface area contributed by atoms with Crippen LogP contribution in [0.3, 0.4) is 0 Å². The number of carbonyl (C=O) groups excluding carboxylic acids is 1. The van der Waals surface area contributed by atoms with Gasteiger partial charge in [-0.25, -0.2) is 4.98 Å². The molecule has 0 radical (unpaired) electrons. The van der Waals surface area contributed by atoms with Crippen LogP contribution in [-0.2, 0) is 4.79 Å². The maximum atomic E-state index is 12.4. The highest BCUT2D eigenvalue weighted by Gasteiger charge is 2.45. The van der Waals surface area contributed by atoms with Crippen molar-refractivity contribution >= 4 is 11.7 Å². The van der Waals surface area contributed by atoms with Crippen molar-refractivity contribution in [3.05, 3.63) is 23.4 Å². The summed E-state index contributed by atoms with van der Waals surface area (Å²) in [6.45, 7) is 3.86. The third kappa shape index (κ3) is 3.10. The predicted molar refractivity (Wildman–Crippen MR) is 96.1 cm³/mol. The first-order valence-electron chi connectivity index (χ1n) is 9.51. The van der Waals surface area contributed by atoms with Gasteiger partial charge < -0.3 is 10.2 Å². The molecule has 1 unspecified atom stereocenters. The van der Waals surface area contributed by atoms with Crippen molar-refractivity contribution in [2.75, 3.05) is 18.0 Å². The van der Waals surface area contributed by atoms with E-state index in [-0.39, 0.29) is 17.9 Å². The number of aryl methyl sites for hydroxylation is 1. The van der Waals surface area contributed by atoms with E-state index in [0.717, 1.165) is 43.7 Å². The molecular weight excluding hydrogens is 312 g/mol. The second kappa shape index (κ2) is 6.33. The van der Waals surface area contributed by atoms with E-state index in [0.29, 0.717) is 11.0 Å². The average molecular weight is 338 g/mol. The van der Waals surface area contributed by atoms with E-state index in [9.17, 15) is 4.79 Å². The Kier molecular flexibility index (Phi) is 4.15. The highest BCUT2D eigenvalue weighted by atomic mass is 16.2. The molecule has 1 aliphatic heterocycles. The summed E-state index contributed by atoms with van der Waals surface area (Å²) in [7, 11) is 0. The number of amides is 1. The van der Waals surface area contributed by atoms with Crippen LogP contribution < -0.4 is 10.2 Å². The number of nitrogens with one attached hydrogen (secondary N) is 1. The van der Waals surface area contributed by atoms with Gasteiger partial charge in [-0.1, -0.05) is 12.8 Å². The third-order valence-electron chi connectivity index (χ3n) is 6.36. The summed E-state index contributed by atoms with van der Waals surface area (Å²) in [5.41, 5.74) is 1.98. The standard InChI is InChI=1S/C20H26N4O/c1-14-8-15(10-21)11-22-18(14)24-12-17(9-20(13-24)6-3-7-20)23-19(25)16-4-2-5-16/h8,11,16-17H,2-7,9,12-13H2,1H3,(H,23,25).